The average molecular weight is 267 g/mol. The first-order valence-electron chi connectivity index (χ1n) is 4.91. The van der Waals surface area contributed by atoms with Crippen molar-refractivity contribution >= 4 is 21.6 Å². The molecule has 1 atom stereocenters. The molecular weight excluding hydrogens is 252 g/mol. The first-order valence-corrected chi connectivity index (χ1v) is 5.70. The molecule has 0 saturated carbocycles. The Hall–Kier alpha value is -1.01. The van der Waals surface area contributed by atoms with E-state index in [0.29, 0.717) is 0 Å². The lowest BCUT2D eigenvalue weighted by Crippen LogP contribution is -2.23. The first kappa shape index (κ1) is 12.1. The second-order valence-electron chi connectivity index (χ2n) is 3.84. The lowest BCUT2D eigenvalue weighted by molar-refractivity contribution is 0.716. The molecule has 0 amide bonds. The van der Waals surface area contributed by atoms with E-state index in [9.17, 15) is 0 Å². The summed E-state index contributed by atoms with van der Waals surface area (Å²) >= 11 is 3.47. The van der Waals surface area contributed by atoms with E-state index in [1.807, 2.05) is 20.0 Å². The monoisotopic (exact) mass is 266 g/mol. The quantitative estimate of drug-likeness (QED) is 0.839. The standard InChI is InChI=1S/C12H15BrN2/c1-9(7-14)8-15(3)11-4-5-12(13)10(2)6-11/h4-6,9H,8H2,1-3H3. The fourth-order valence-corrected chi connectivity index (χ4v) is 1.67. The van der Waals surface area contributed by atoms with Crippen molar-refractivity contribution in [2.45, 2.75) is 13.8 Å². The Morgan fingerprint density at radius 2 is 2.20 bits per heavy atom. The van der Waals surface area contributed by atoms with Gasteiger partial charge in [-0.15, -0.1) is 0 Å². The number of benzene rings is 1. The Balaban J connectivity index is 2.79. The lowest BCUT2D eigenvalue weighted by atomic mass is 10.1. The zero-order chi connectivity index (χ0) is 11.4. The van der Waals surface area contributed by atoms with Gasteiger partial charge in [0, 0.05) is 23.8 Å². The molecule has 0 aromatic heterocycles. The van der Waals surface area contributed by atoms with E-state index in [4.69, 9.17) is 5.26 Å². The normalized spacial score (nSPS) is 11.9. The zero-order valence-corrected chi connectivity index (χ0v) is 10.9. The summed E-state index contributed by atoms with van der Waals surface area (Å²) in [6.07, 6.45) is 0. The smallest absolute Gasteiger partial charge is 0.0671 e. The van der Waals surface area contributed by atoms with Gasteiger partial charge in [-0.3, -0.25) is 0 Å². The molecule has 0 aliphatic rings. The van der Waals surface area contributed by atoms with Crippen molar-refractivity contribution in [1.29, 1.82) is 5.26 Å². The third-order valence-electron chi connectivity index (χ3n) is 2.35. The van der Waals surface area contributed by atoms with Crippen molar-refractivity contribution in [1.82, 2.24) is 0 Å². The van der Waals surface area contributed by atoms with Gasteiger partial charge >= 0.3 is 0 Å². The van der Waals surface area contributed by atoms with Crippen LogP contribution in [0.25, 0.3) is 0 Å². The van der Waals surface area contributed by atoms with Crippen LogP contribution in [0.1, 0.15) is 12.5 Å². The van der Waals surface area contributed by atoms with Gasteiger partial charge in [-0.25, -0.2) is 0 Å². The largest absolute Gasteiger partial charge is 0.373 e. The number of nitrogens with zero attached hydrogens (tertiary/aromatic N) is 2. The SMILES string of the molecule is Cc1cc(N(C)CC(C)C#N)ccc1Br. The fraction of sp³-hybridized carbons (Fsp3) is 0.417. The maximum atomic E-state index is 8.75. The number of anilines is 1. The molecule has 0 spiro atoms. The molecule has 3 heteroatoms. The molecule has 0 heterocycles. The van der Waals surface area contributed by atoms with E-state index < -0.39 is 0 Å². The molecule has 0 saturated heterocycles. The van der Waals surface area contributed by atoms with Crippen molar-refractivity contribution in [2.75, 3.05) is 18.5 Å². The Bertz CT molecular complexity index is 382. The van der Waals surface area contributed by atoms with Gasteiger partial charge in [0.15, 0.2) is 0 Å². The van der Waals surface area contributed by atoms with Crippen LogP contribution in [0.3, 0.4) is 0 Å². The van der Waals surface area contributed by atoms with Crippen molar-refractivity contribution in [3.05, 3.63) is 28.2 Å². The summed E-state index contributed by atoms with van der Waals surface area (Å²) in [7, 11) is 2.01. The molecule has 0 N–H and O–H groups in total. The Labute approximate surface area is 99.6 Å². The number of aryl methyl sites for hydroxylation is 1. The fourth-order valence-electron chi connectivity index (χ4n) is 1.42. The predicted octanol–water partition coefficient (Wildman–Crippen LogP) is 3.35. The summed E-state index contributed by atoms with van der Waals surface area (Å²) < 4.78 is 1.12. The van der Waals surface area contributed by atoms with Crippen LogP contribution in [-0.2, 0) is 0 Å². The lowest BCUT2D eigenvalue weighted by Gasteiger charge is -2.21. The summed E-state index contributed by atoms with van der Waals surface area (Å²) in [5.74, 6) is 0.0546. The van der Waals surface area contributed by atoms with Crippen molar-refractivity contribution in [3.63, 3.8) is 0 Å². The average Bonchev–Trinajstić information content (AvgIpc) is 2.21. The maximum Gasteiger partial charge on any atom is 0.0671 e. The molecule has 1 aromatic rings. The number of nitriles is 1. The molecule has 80 valence electrons. The molecule has 2 nitrogen and oxygen atoms in total. The van der Waals surface area contributed by atoms with Gasteiger partial charge in [-0.1, -0.05) is 15.9 Å². The minimum Gasteiger partial charge on any atom is -0.373 e. The van der Waals surface area contributed by atoms with Crippen LogP contribution < -0.4 is 4.90 Å². The van der Waals surface area contributed by atoms with Crippen LogP contribution in [0.4, 0.5) is 5.69 Å². The van der Waals surface area contributed by atoms with E-state index in [1.165, 1.54) is 5.56 Å². The molecule has 0 aliphatic carbocycles. The molecule has 1 aromatic carbocycles. The molecule has 0 radical (unpaired) electrons. The highest BCUT2D eigenvalue weighted by atomic mass is 79.9. The summed E-state index contributed by atoms with van der Waals surface area (Å²) in [5, 5.41) is 8.75. The highest BCUT2D eigenvalue weighted by molar-refractivity contribution is 9.10. The minimum absolute atomic E-state index is 0.0546. The molecule has 15 heavy (non-hydrogen) atoms. The third-order valence-corrected chi connectivity index (χ3v) is 3.24. The minimum atomic E-state index is 0.0546. The zero-order valence-electron chi connectivity index (χ0n) is 9.29. The number of hydrogen-bond donors (Lipinski definition) is 0. The van der Waals surface area contributed by atoms with Gasteiger partial charge in [0.2, 0.25) is 0 Å². The second-order valence-corrected chi connectivity index (χ2v) is 4.70. The van der Waals surface area contributed by atoms with Crippen molar-refractivity contribution in [3.8, 4) is 6.07 Å². The van der Waals surface area contributed by atoms with Gasteiger partial charge in [-0.05, 0) is 37.6 Å². The molecule has 0 fully saturated rings. The Morgan fingerprint density at radius 3 is 2.73 bits per heavy atom. The third kappa shape index (κ3) is 3.24. The summed E-state index contributed by atoms with van der Waals surface area (Å²) in [6, 6.07) is 8.46. The van der Waals surface area contributed by atoms with Crippen LogP contribution >= 0.6 is 15.9 Å². The van der Waals surface area contributed by atoms with E-state index >= 15 is 0 Å². The summed E-state index contributed by atoms with van der Waals surface area (Å²) in [4.78, 5) is 2.10. The second kappa shape index (κ2) is 5.18. The van der Waals surface area contributed by atoms with Gasteiger partial charge in [0.05, 0.1) is 12.0 Å². The van der Waals surface area contributed by atoms with Crippen molar-refractivity contribution in [2.24, 2.45) is 5.92 Å². The first-order chi connectivity index (χ1) is 7.04. The van der Waals surface area contributed by atoms with Crippen LogP contribution in [0.2, 0.25) is 0 Å². The molecule has 1 unspecified atom stereocenters. The van der Waals surface area contributed by atoms with Gasteiger partial charge in [0.1, 0.15) is 0 Å². The number of hydrogen-bond acceptors (Lipinski definition) is 2. The van der Waals surface area contributed by atoms with E-state index in [-0.39, 0.29) is 5.92 Å². The topological polar surface area (TPSA) is 27.0 Å². The van der Waals surface area contributed by atoms with E-state index in [0.717, 1.165) is 16.7 Å². The maximum absolute atomic E-state index is 8.75. The van der Waals surface area contributed by atoms with E-state index in [2.05, 4.69) is 46.0 Å². The van der Waals surface area contributed by atoms with E-state index in [1.54, 1.807) is 0 Å². The predicted molar refractivity (Wildman–Crippen MR) is 66.9 cm³/mol. The Morgan fingerprint density at radius 1 is 1.53 bits per heavy atom. The summed E-state index contributed by atoms with van der Waals surface area (Å²) in [6.45, 7) is 4.76. The Kier molecular flexibility index (Phi) is 4.16. The number of halogens is 1. The summed E-state index contributed by atoms with van der Waals surface area (Å²) in [5.41, 5.74) is 2.36. The van der Waals surface area contributed by atoms with Crippen LogP contribution in [0, 0.1) is 24.2 Å². The molecule has 0 bridgehead atoms. The highest BCUT2D eigenvalue weighted by Crippen LogP contribution is 2.22. The highest BCUT2D eigenvalue weighted by Gasteiger charge is 2.06. The van der Waals surface area contributed by atoms with Gasteiger partial charge in [-0.2, -0.15) is 5.26 Å². The van der Waals surface area contributed by atoms with Gasteiger partial charge < -0.3 is 4.90 Å². The number of rotatable bonds is 3. The molecule has 1 rings (SSSR count). The van der Waals surface area contributed by atoms with Crippen LogP contribution in [-0.4, -0.2) is 13.6 Å². The molecule has 0 aliphatic heterocycles. The molecular formula is C12H15BrN2. The van der Waals surface area contributed by atoms with Crippen LogP contribution in [0.15, 0.2) is 22.7 Å². The van der Waals surface area contributed by atoms with Crippen LogP contribution in [0.5, 0.6) is 0 Å². The van der Waals surface area contributed by atoms with Gasteiger partial charge in [0.25, 0.3) is 0 Å². The van der Waals surface area contributed by atoms with Crippen molar-refractivity contribution < 1.29 is 0 Å².